The number of hydrogen-bond acceptors (Lipinski definition) is 3. The van der Waals surface area contributed by atoms with E-state index in [1.54, 1.807) is 0 Å². The number of rotatable bonds is 7. The van der Waals surface area contributed by atoms with Gasteiger partial charge in [-0.05, 0) is 19.3 Å². The molecular formula is C12H21N3O. The highest BCUT2D eigenvalue weighted by atomic mass is 16.1. The SMILES string of the molecule is CCCn1cc(CCCC(=O)C(C)C)nn1. The predicted molar refractivity (Wildman–Crippen MR) is 63.1 cm³/mol. The van der Waals surface area contributed by atoms with E-state index >= 15 is 0 Å². The number of aryl methyl sites for hydroxylation is 2. The molecule has 0 saturated carbocycles. The molecule has 0 aliphatic carbocycles. The summed E-state index contributed by atoms with van der Waals surface area (Å²) >= 11 is 0. The lowest BCUT2D eigenvalue weighted by Crippen LogP contribution is -2.06. The Morgan fingerprint density at radius 2 is 2.25 bits per heavy atom. The first-order valence-corrected chi connectivity index (χ1v) is 6.05. The Balaban J connectivity index is 2.29. The minimum atomic E-state index is 0.149. The van der Waals surface area contributed by atoms with Crippen LogP contribution in [-0.2, 0) is 17.8 Å². The molecule has 0 radical (unpaired) electrons. The molecule has 0 fully saturated rings. The van der Waals surface area contributed by atoms with Gasteiger partial charge in [-0.2, -0.15) is 0 Å². The molecule has 0 aliphatic heterocycles. The number of hydrogen-bond donors (Lipinski definition) is 0. The van der Waals surface area contributed by atoms with Crippen molar-refractivity contribution in [3.05, 3.63) is 11.9 Å². The van der Waals surface area contributed by atoms with E-state index in [0.29, 0.717) is 12.2 Å². The van der Waals surface area contributed by atoms with E-state index in [0.717, 1.165) is 31.5 Å². The summed E-state index contributed by atoms with van der Waals surface area (Å²) in [5.41, 5.74) is 0.991. The second-order valence-electron chi connectivity index (χ2n) is 4.45. The summed E-state index contributed by atoms with van der Waals surface area (Å²) < 4.78 is 1.86. The van der Waals surface area contributed by atoms with Crippen molar-refractivity contribution in [3.63, 3.8) is 0 Å². The number of ketones is 1. The first-order valence-electron chi connectivity index (χ1n) is 6.05. The van der Waals surface area contributed by atoms with Crippen LogP contribution < -0.4 is 0 Å². The molecule has 0 N–H and O–H groups in total. The van der Waals surface area contributed by atoms with Crippen LogP contribution >= 0.6 is 0 Å². The highest BCUT2D eigenvalue weighted by Gasteiger charge is 2.07. The van der Waals surface area contributed by atoms with E-state index < -0.39 is 0 Å². The van der Waals surface area contributed by atoms with Crippen LogP contribution in [0.4, 0.5) is 0 Å². The fourth-order valence-electron chi connectivity index (χ4n) is 1.52. The molecule has 0 atom stereocenters. The molecule has 16 heavy (non-hydrogen) atoms. The number of Topliss-reactive ketones (excluding diaryl/α,β-unsaturated/α-hetero) is 1. The van der Waals surface area contributed by atoms with E-state index in [9.17, 15) is 4.79 Å². The summed E-state index contributed by atoms with van der Waals surface area (Å²) in [7, 11) is 0. The van der Waals surface area contributed by atoms with Gasteiger partial charge in [0.05, 0.1) is 5.69 Å². The van der Waals surface area contributed by atoms with Crippen molar-refractivity contribution in [3.8, 4) is 0 Å². The Labute approximate surface area is 97.0 Å². The van der Waals surface area contributed by atoms with Gasteiger partial charge in [0.2, 0.25) is 0 Å². The Morgan fingerprint density at radius 3 is 2.88 bits per heavy atom. The summed E-state index contributed by atoms with van der Waals surface area (Å²) in [5, 5.41) is 8.10. The van der Waals surface area contributed by atoms with Crippen LogP contribution in [-0.4, -0.2) is 20.8 Å². The molecule has 1 heterocycles. The van der Waals surface area contributed by atoms with Gasteiger partial charge in [0.1, 0.15) is 5.78 Å². The standard InChI is InChI=1S/C12H21N3O/c1-4-8-15-9-11(13-14-15)6-5-7-12(16)10(2)3/h9-10H,4-8H2,1-3H3. The first kappa shape index (κ1) is 12.9. The lowest BCUT2D eigenvalue weighted by molar-refractivity contribution is -0.121. The molecule has 1 aromatic rings. The smallest absolute Gasteiger partial charge is 0.135 e. The zero-order valence-electron chi connectivity index (χ0n) is 10.4. The van der Waals surface area contributed by atoms with Gasteiger partial charge < -0.3 is 0 Å². The molecule has 4 heteroatoms. The quantitative estimate of drug-likeness (QED) is 0.712. The maximum Gasteiger partial charge on any atom is 0.135 e. The van der Waals surface area contributed by atoms with Crippen LogP contribution in [0.5, 0.6) is 0 Å². The van der Waals surface area contributed by atoms with Crippen molar-refractivity contribution in [2.75, 3.05) is 0 Å². The molecule has 0 unspecified atom stereocenters. The Bertz CT molecular complexity index is 331. The molecule has 0 bridgehead atoms. The van der Waals surface area contributed by atoms with Crippen LogP contribution in [0.2, 0.25) is 0 Å². The van der Waals surface area contributed by atoms with Gasteiger partial charge >= 0.3 is 0 Å². The number of aromatic nitrogens is 3. The molecule has 0 spiro atoms. The molecule has 1 rings (SSSR count). The number of carbonyl (C=O) groups is 1. The second-order valence-corrected chi connectivity index (χ2v) is 4.45. The lowest BCUT2D eigenvalue weighted by Gasteiger charge is -2.01. The fraction of sp³-hybridized carbons (Fsp3) is 0.750. The van der Waals surface area contributed by atoms with Crippen LogP contribution in [0.3, 0.4) is 0 Å². The van der Waals surface area contributed by atoms with E-state index in [1.165, 1.54) is 0 Å². The van der Waals surface area contributed by atoms with Crippen molar-refractivity contribution in [1.82, 2.24) is 15.0 Å². The third-order valence-corrected chi connectivity index (χ3v) is 2.54. The van der Waals surface area contributed by atoms with Gasteiger partial charge in [-0.3, -0.25) is 9.48 Å². The lowest BCUT2D eigenvalue weighted by atomic mass is 10.0. The van der Waals surface area contributed by atoms with Crippen molar-refractivity contribution in [2.24, 2.45) is 5.92 Å². The van der Waals surface area contributed by atoms with Gasteiger partial charge in [-0.15, -0.1) is 5.10 Å². The van der Waals surface area contributed by atoms with Gasteiger partial charge in [-0.25, -0.2) is 0 Å². The van der Waals surface area contributed by atoms with Gasteiger partial charge in [-0.1, -0.05) is 26.0 Å². The minimum Gasteiger partial charge on any atom is -0.299 e. The highest BCUT2D eigenvalue weighted by molar-refractivity contribution is 5.80. The molecule has 90 valence electrons. The third-order valence-electron chi connectivity index (χ3n) is 2.54. The molecular weight excluding hydrogens is 202 g/mol. The highest BCUT2D eigenvalue weighted by Crippen LogP contribution is 2.06. The van der Waals surface area contributed by atoms with Crippen molar-refractivity contribution < 1.29 is 4.79 Å². The van der Waals surface area contributed by atoms with Crippen molar-refractivity contribution in [1.29, 1.82) is 0 Å². The maximum absolute atomic E-state index is 11.4. The van der Waals surface area contributed by atoms with Crippen molar-refractivity contribution in [2.45, 2.75) is 53.0 Å². The molecule has 4 nitrogen and oxygen atoms in total. The molecule has 0 aromatic carbocycles. The molecule has 0 amide bonds. The normalized spacial score (nSPS) is 11.0. The Morgan fingerprint density at radius 1 is 1.50 bits per heavy atom. The first-order chi connectivity index (χ1) is 7.63. The Kier molecular flexibility index (Phi) is 5.15. The minimum absolute atomic E-state index is 0.149. The van der Waals surface area contributed by atoms with E-state index in [2.05, 4.69) is 17.2 Å². The molecule has 0 saturated heterocycles. The zero-order valence-corrected chi connectivity index (χ0v) is 10.4. The van der Waals surface area contributed by atoms with Crippen LogP contribution in [0.25, 0.3) is 0 Å². The number of carbonyl (C=O) groups excluding carboxylic acids is 1. The Hall–Kier alpha value is -1.19. The monoisotopic (exact) mass is 223 g/mol. The van der Waals surface area contributed by atoms with Crippen LogP contribution in [0, 0.1) is 5.92 Å². The third kappa shape index (κ3) is 4.13. The summed E-state index contributed by atoms with van der Waals surface area (Å²) in [6, 6.07) is 0. The van der Waals surface area contributed by atoms with Gasteiger partial charge in [0.25, 0.3) is 0 Å². The zero-order chi connectivity index (χ0) is 12.0. The van der Waals surface area contributed by atoms with Gasteiger partial charge in [0.15, 0.2) is 0 Å². The van der Waals surface area contributed by atoms with E-state index in [4.69, 9.17) is 0 Å². The van der Waals surface area contributed by atoms with Crippen LogP contribution in [0.1, 0.15) is 45.7 Å². The van der Waals surface area contributed by atoms with E-state index in [1.807, 2.05) is 24.7 Å². The molecule has 1 aromatic heterocycles. The average molecular weight is 223 g/mol. The maximum atomic E-state index is 11.4. The average Bonchev–Trinajstić information content (AvgIpc) is 2.66. The largest absolute Gasteiger partial charge is 0.299 e. The van der Waals surface area contributed by atoms with Crippen LogP contribution in [0.15, 0.2) is 6.20 Å². The fourth-order valence-corrected chi connectivity index (χ4v) is 1.52. The topological polar surface area (TPSA) is 47.8 Å². The summed E-state index contributed by atoms with van der Waals surface area (Å²) in [4.78, 5) is 11.4. The van der Waals surface area contributed by atoms with Gasteiger partial charge in [0, 0.05) is 25.1 Å². The summed E-state index contributed by atoms with van der Waals surface area (Å²) in [5.74, 6) is 0.483. The van der Waals surface area contributed by atoms with E-state index in [-0.39, 0.29) is 5.92 Å². The summed E-state index contributed by atoms with van der Waals surface area (Å²) in [6.07, 6.45) is 5.42. The van der Waals surface area contributed by atoms with Crippen molar-refractivity contribution >= 4 is 5.78 Å². The summed E-state index contributed by atoms with van der Waals surface area (Å²) in [6.45, 7) is 6.92. The second kappa shape index (κ2) is 6.40. The number of nitrogens with zero attached hydrogens (tertiary/aromatic N) is 3. The molecule has 0 aliphatic rings. The predicted octanol–water partition coefficient (Wildman–Crippen LogP) is 2.24.